The largest absolute Gasteiger partial charge is 0.261 e. The lowest BCUT2D eigenvalue weighted by molar-refractivity contribution is 0.917. The number of hydrogen-bond donors (Lipinski definition) is 0. The lowest BCUT2D eigenvalue weighted by atomic mass is 10.2. The SMILES string of the molecule is Cc1ccc(CC(Br)c2cc3sccc3s2)nc1. The van der Waals surface area contributed by atoms with E-state index >= 15 is 0 Å². The number of fused-ring (bicyclic) bond motifs is 1. The van der Waals surface area contributed by atoms with Crippen molar-refractivity contribution < 1.29 is 0 Å². The Morgan fingerprint density at radius 3 is 2.89 bits per heavy atom. The maximum Gasteiger partial charge on any atom is 0.0545 e. The van der Waals surface area contributed by atoms with Gasteiger partial charge in [0.05, 0.1) is 4.83 Å². The minimum atomic E-state index is 0.359. The van der Waals surface area contributed by atoms with Gasteiger partial charge in [-0.15, -0.1) is 22.7 Å². The Kier molecular flexibility index (Phi) is 3.50. The third-order valence-corrected chi connectivity index (χ3v) is 6.16. The fourth-order valence-electron chi connectivity index (χ4n) is 1.84. The summed E-state index contributed by atoms with van der Waals surface area (Å²) in [5.74, 6) is 0. The summed E-state index contributed by atoms with van der Waals surface area (Å²) in [6, 6.07) is 8.71. The first kappa shape index (κ1) is 12.3. The first-order valence-electron chi connectivity index (χ1n) is 5.75. The zero-order valence-electron chi connectivity index (χ0n) is 9.89. The number of hydrogen-bond acceptors (Lipinski definition) is 3. The van der Waals surface area contributed by atoms with Gasteiger partial charge in [0.1, 0.15) is 0 Å². The number of alkyl halides is 1. The number of thiophene rings is 2. The van der Waals surface area contributed by atoms with Gasteiger partial charge in [0.25, 0.3) is 0 Å². The summed E-state index contributed by atoms with van der Waals surface area (Å²) in [7, 11) is 0. The molecule has 1 unspecified atom stereocenters. The molecule has 3 heterocycles. The normalized spacial score (nSPS) is 13.0. The highest BCUT2D eigenvalue weighted by Gasteiger charge is 2.13. The average molecular weight is 338 g/mol. The molecule has 0 N–H and O–H groups in total. The van der Waals surface area contributed by atoms with E-state index in [1.54, 1.807) is 0 Å². The van der Waals surface area contributed by atoms with Crippen LogP contribution in [0.2, 0.25) is 0 Å². The zero-order valence-corrected chi connectivity index (χ0v) is 13.1. The number of aromatic nitrogens is 1. The molecular formula is C14H12BrNS2. The van der Waals surface area contributed by atoms with Crippen LogP contribution in [0.5, 0.6) is 0 Å². The van der Waals surface area contributed by atoms with Crippen LogP contribution >= 0.6 is 38.6 Å². The van der Waals surface area contributed by atoms with Gasteiger partial charge in [0.15, 0.2) is 0 Å². The van der Waals surface area contributed by atoms with Crippen LogP contribution in [0.15, 0.2) is 35.8 Å². The van der Waals surface area contributed by atoms with E-state index in [4.69, 9.17) is 0 Å². The smallest absolute Gasteiger partial charge is 0.0545 e. The number of halogens is 1. The molecule has 18 heavy (non-hydrogen) atoms. The van der Waals surface area contributed by atoms with Crippen LogP contribution in [0, 0.1) is 6.92 Å². The molecule has 0 aliphatic heterocycles. The fraction of sp³-hybridized carbons (Fsp3) is 0.214. The molecule has 3 aromatic rings. The first-order valence-corrected chi connectivity index (χ1v) is 8.36. The van der Waals surface area contributed by atoms with Crippen molar-refractivity contribution in [1.82, 2.24) is 4.98 Å². The lowest BCUT2D eigenvalue weighted by Gasteiger charge is -2.06. The van der Waals surface area contributed by atoms with Gasteiger partial charge in [0, 0.05) is 32.6 Å². The van der Waals surface area contributed by atoms with Crippen LogP contribution < -0.4 is 0 Å². The van der Waals surface area contributed by atoms with E-state index in [1.165, 1.54) is 19.8 Å². The number of rotatable bonds is 3. The molecule has 1 nitrogen and oxygen atoms in total. The quantitative estimate of drug-likeness (QED) is 0.587. The van der Waals surface area contributed by atoms with Crippen molar-refractivity contribution in [3.8, 4) is 0 Å². The summed E-state index contributed by atoms with van der Waals surface area (Å²) in [6.07, 6.45) is 2.87. The van der Waals surface area contributed by atoms with Crippen LogP contribution in [0.1, 0.15) is 21.0 Å². The van der Waals surface area contributed by atoms with E-state index in [1.807, 2.05) is 28.9 Å². The van der Waals surface area contributed by atoms with Crippen LogP contribution in [0.4, 0.5) is 0 Å². The molecule has 0 spiro atoms. The third-order valence-electron chi connectivity index (χ3n) is 2.83. The minimum Gasteiger partial charge on any atom is -0.261 e. The molecule has 3 aromatic heterocycles. The van der Waals surface area contributed by atoms with E-state index < -0.39 is 0 Å². The Hall–Kier alpha value is -0.710. The number of nitrogens with zero attached hydrogens (tertiary/aromatic N) is 1. The van der Waals surface area contributed by atoms with Crippen LogP contribution in [0.25, 0.3) is 9.40 Å². The second-order valence-electron chi connectivity index (χ2n) is 4.30. The topological polar surface area (TPSA) is 12.9 Å². The van der Waals surface area contributed by atoms with Gasteiger partial charge in [-0.1, -0.05) is 22.0 Å². The average Bonchev–Trinajstić information content (AvgIpc) is 2.92. The zero-order chi connectivity index (χ0) is 12.5. The highest BCUT2D eigenvalue weighted by atomic mass is 79.9. The standard InChI is InChI=1S/C14H12BrNS2/c1-9-2-3-10(16-8-9)6-11(15)13-7-14-12(18-13)4-5-17-14/h2-5,7-8,11H,6H2,1H3. The Bertz CT molecular complexity index is 625. The fourth-order valence-corrected chi connectivity index (χ4v) is 4.68. The maximum atomic E-state index is 4.46. The Morgan fingerprint density at radius 2 is 2.17 bits per heavy atom. The Morgan fingerprint density at radius 1 is 1.28 bits per heavy atom. The minimum absolute atomic E-state index is 0.359. The molecule has 92 valence electrons. The molecule has 3 rings (SSSR count). The molecule has 0 saturated heterocycles. The third kappa shape index (κ3) is 2.51. The van der Waals surface area contributed by atoms with Gasteiger partial charge in [-0.2, -0.15) is 0 Å². The highest BCUT2D eigenvalue weighted by Crippen LogP contribution is 2.37. The van der Waals surface area contributed by atoms with Gasteiger partial charge in [-0.3, -0.25) is 4.98 Å². The van der Waals surface area contributed by atoms with Gasteiger partial charge < -0.3 is 0 Å². The lowest BCUT2D eigenvalue weighted by Crippen LogP contribution is -1.95. The molecule has 0 radical (unpaired) electrons. The van der Waals surface area contributed by atoms with Crippen molar-refractivity contribution in [1.29, 1.82) is 0 Å². The van der Waals surface area contributed by atoms with Crippen LogP contribution in [0.3, 0.4) is 0 Å². The molecule has 0 amide bonds. The molecule has 0 fully saturated rings. The van der Waals surface area contributed by atoms with Gasteiger partial charge >= 0.3 is 0 Å². The van der Waals surface area contributed by atoms with E-state index in [9.17, 15) is 0 Å². The predicted octanol–water partition coefficient (Wildman–Crippen LogP) is 5.34. The van der Waals surface area contributed by atoms with Crippen LogP contribution in [-0.4, -0.2) is 4.98 Å². The van der Waals surface area contributed by atoms with Crippen molar-refractivity contribution in [2.24, 2.45) is 0 Å². The summed E-state index contributed by atoms with van der Waals surface area (Å²) in [4.78, 5) is 6.21. The Balaban J connectivity index is 1.80. The maximum absolute atomic E-state index is 4.46. The van der Waals surface area contributed by atoms with E-state index in [-0.39, 0.29) is 0 Å². The summed E-state index contributed by atoms with van der Waals surface area (Å²) in [5, 5.41) is 2.15. The predicted molar refractivity (Wildman–Crippen MR) is 84.0 cm³/mol. The van der Waals surface area contributed by atoms with Gasteiger partial charge in [-0.25, -0.2) is 0 Å². The second kappa shape index (κ2) is 5.11. The number of pyridine rings is 1. The van der Waals surface area contributed by atoms with Crippen LogP contribution in [-0.2, 0) is 6.42 Å². The first-order chi connectivity index (χ1) is 8.72. The molecule has 0 aliphatic rings. The monoisotopic (exact) mass is 337 g/mol. The molecular weight excluding hydrogens is 326 g/mol. The molecule has 0 aromatic carbocycles. The van der Waals surface area contributed by atoms with E-state index in [0.29, 0.717) is 4.83 Å². The van der Waals surface area contributed by atoms with Crippen molar-refractivity contribution in [2.75, 3.05) is 0 Å². The number of aryl methyl sites for hydroxylation is 1. The molecule has 0 aliphatic carbocycles. The second-order valence-corrected chi connectivity index (χ2v) is 7.46. The highest BCUT2D eigenvalue weighted by molar-refractivity contribution is 9.09. The summed E-state index contributed by atoms with van der Waals surface area (Å²) < 4.78 is 2.77. The molecule has 0 saturated carbocycles. The van der Waals surface area contributed by atoms with Crippen molar-refractivity contribution in [3.05, 3.63) is 52.0 Å². The van der Waals surface area contributed by atoms with E-state index in [0.717, 1.165) is 12.1 Å². The summed E-state index contributed by atoms with van der Waals surface area (Å²) in [5.41, 5.74) is 2.35. The van der Waals surface area contributed by atoms with Crippen molar-refractivity contribution in [3.63, 3.8) is 0 Å². The van der Waals surface area contributed by atoms with E-state index in [2.05, 4.69) is 57.5 Å². The molecule has 0 bridgehead atoms. The molecule has 4 heteroatoms. The van der Waals surface area contributed by atoms with Crippen molar-refractivity contribution >= 4 is 48.0 Å². The molecule has 1 atom stereocenters. The summed E-state index contributed by atoms with van der Waals surface area (Å²) in [6.45, 7) is 2.07. The van der Waals surface area contributed by atoms with Gasteiger partial charge in [0.2, 0.25) is 0 Å². The summed E-state index contributed by atoms with van der Waals surface area (Å²) >= 11 is 7.46. The van der Waals surface area contributed by atoms with Gasteiger partial charge in [-0.05, 0) is 36.1 Å². The van der Waals surface area contributed by atoms with Crippen molar-refractivity contribution in [2.45, 2.75) is 18.2 Å². The Labute approximate surface area is 123 Å².